The van der Waals surface area contributed by atoms with Gasteiger partial charge in [0.1, 0.15) is 6.10 Å². The predicted molar refractivity (Wildman–Crippen MR) is 67.4 cm³/mol. The zero-order valence-corrected chi connectivity index (χ0v) is 10.7. The summed E-state index contributed by atoms with van der Waals surface area (Å²) in [6, 6.07) is 4.80. The van der Waals surface area contributed by atoms with Crippen LogP contribution >= 0.6 is 0 Å². The molecule has 0 radical (unpaired) electrons. The van der Waals surface area contributed by atoms with E-state index in [0.29, 0.717) is 13.0 Å². The van der Waals surface area contributed by atoms with Gasteiger partial charge >= 0.3 is 12.3 Å². The molecule has 4 nitrogen and oxygen atoms in total. The topological polar surface area (TPSA) is 50.4 Å². The van der Waals surface area contributed by atoms with Gasteiger partial charge in [-0.05, 0) is 31.5 Å². The molecule has 0 saturated carbocycles. The first-order valence-electron chi connectivity index (χ1n) is 6.31. The highest BCUT2D eigenvalue weighted by Crippen LogP contribution is 2.34. The van der Waals surface area contributed by atoms with Crippen LogP contribution in [0.1, 0.15) is 18.4 Å². The van der Waals surface area contributed by atoms with Gasteiger partial charge in [0.2, 0.25) is 0 Å². The Balaban J connectivity index is 2.00. The summed E-state index contributed by atoms with van der Waals surface area (Å²) in [7, 11) is 0. The van der Waals surface area contributed by atoms with Gasteiger partial charge in [-0.3, -0.25) is 5.32 Å². The zero-order valence-electron chi connectivity index (χ0n) is 10.7. The van der Waals surface area contributed by atoms with Crippen LogP contribution < -0.4 is 10.6 Å². The molecule has 2 rings (SSSR count). The molecule has 1 atom stereocenters. The van der Waals surface area contributed by atoms with E-state index in [-0.39, 0.29) is 11.8 Å². The molecule has 1 saturated heterocycles. The molecule has 1 aromatic carbocycles. The molecule has 0 aliphatic carbocycles. The van der Waals surface area contributed by atoms with Crippen LogP contribution in [-0.4, -0.2) is 25.3 Å². The number of halogens is 3. The van der Waals surface area contributed by atoms with Crippen molar-refractivity contribution in [2.45, 2.75) is 25.1 Å². The second-order valence-electron chi connectivity index (χ2n) is 4.54. The number of ether oxygens (including phenoxy) is 1. The molecule has 7 heteroatoms. The molecule has 2 N–H and O–H groups in total. The van der Waals surface area contributed by atoms with Crippen molar-refractivity contribution in [2.24, 2.45) is 0 Å². The van der Waals surface area contributed by atoms with E-state index < -0.39 is 17.8 Å². The lowest BCUT2D eigenvalue weighted by molar-refractivity contribution is -0.136. The Morgan fingerprint density at radius 2 is 2.10 bits per heavy atom. The molecule has 1 heterocycles. The highest BCUT2D eigenvalue weighted by atomic mass is 19.4. The lowest BCUT2D eigenvalue weighted by Gasteiger charge is -2.23. The fourth-order valence-electron chi connectivity index (χ4n) is 2.05. The minimum atomic E-state index is -4.52. The van der Waals surface area contributed by atoms with E-state index in [1.807, 2.05) is 0 Å². The van der Waals surface area contributed by atoms with Gasteiger partial charge in [-0.25, -0.2) is 4.79 Å². The van der Waals surface area contributed by atoms with Crippen LogP contribution in [0.25, 0.3) is 0 Å². The van der Waals surface area contributed by atoms with E-state index in [4.69, 9.17) is 4.74 Å². The number of benzene rings is 1. The Kier molecular flexibility index (Phi) is 4.49. The van der Waals surface area contributed by atoms with Crippen LogP contribution in [0.4, 0.5) is 23.7 Å². The highest BCUT2D eigenvalue weighted by molar-refractivity contribution is 5.86. The number of nitrogens with one attached hydrogen (secondary N) is 2. The maximum Gasteiger partial charge on any atom is 0.418 e. The molecular weight excluding hydrogens is 273 g/mol. The van der Waals surface area contributed by atoms with E-state index in [9.17, 15) is 18.0 Å². The highest BCUT2D eigenvalue weighted by Gasteiger charge is 2.33. The number of anilines is 1. The van der Waals surface area contributed by atoms with Crippen LogP contribution in [0.2, 0.25) is 0 Å². The van der Waals surface area contributed by atoms with Crippen molar-refractivity contribution in [3.05, 3.63) is 29.8 Å². The molecule has 20 heavy (non-hydrogen) atoms. The van der Waals surface area contributed by atoms with Crippen LogP contribution in [0.5, 0.6) is 0 Å². The van der Waals surface area contributed by atoms with Gasteiger partial charge in [-0.15, -0.1) is 0 Å². The van der Waals surface area contributed by atoms with Crippen molar-refractivity contribution in [3.8, 4) is 0 Å². The molecule has 1 fully saturated rings. The number of amides is 1. The monoisotopic (exact) mass is 288 g/mol. The molecule has 0 aromatic heterocycles. The summed E-state index contributed by atoms with van der Waals surface area (Å²) in [5, 5.41) is 5.21. The molecule has 110 valence electrons. The van der Waals surface area contributed by atoms with Gasteiger partial charge in [0.05, 0.1) is 11.3 Å². The fourth-order valence-corrected chi connectivity index (χ4v) is 2.05. The minimum Gasteiger partial charge on any atom is -0.445 e. The first kappa shape index (κ1) is 14.6. The molecule has 1 aliphatic heterocycles. The molecular formula is C13H15F3N2O2. The Labute approximate surface area is 114 Å². The smallest absolute Gasteiger partial charge is 0.418 e. The van der Waals surface area contributed by atoms with Crippen molar-refractivity contribution in [1.82, 2.24) is 5.32 Å². The summed E-state index contributed by atoms with van der Waals surface area (Å²) in [5.41, 5.74) is -1.19. The normalized spacial score (nSPS) is 19.4. The molecule has 1 aromatic rings. The molecule has 0 spiro atoms. The van der Waals surface area contributed by atoms with Crippen molar-refractivity contribution in [1.29, 1.82) is 0 Å². The van der Waals surface area contributed by atoms with Gasteiger partial charge in [0, 0.05) is 6.54 Å². The van der Waals surface area contributed by atoms with Gasteiger partial charge in [-0.1, -0.05) is 12.1 Å². The van der Waals surface area contributed by atoms with Gasteiger partial charge in [0.25, 0.3) is 0 Å². The first-order chi connectivity index (χ1) is 9.47. The number of alkyl halides is 3. The van der Waals surface area contributed by atoms with Crippen molar-refractivity contribution >= 4 is 11.8 Å². The largest absolute Gasteiger partial charge is 0.445 e. The second-order valence-corrected chi connectivity index (χ2v) is 4.54. The number of carbonyl (C=O) groups excluding carboxylic acids is 1. The van der Waals surface area contributed by atoms with Crippen molar-refractivity contribution < 1.29 is 22.7 Å². The average molecular weight is 288 g/mol. The summed E-state index contributed by atoms with van der Waals surface area (Å²) in [6.07, 6.45) is -4.11. The van der Waals surface area contributed by atoms with Crippen LogP contribution in [0.15, 0.2) is 24.3 Å². The van der Waals surface area contributed by atoms with Crippen molar-refractivity contribution in [2.75, 3.05) is 18.4 Å². The Hall–Kier alpha value is -1.76. The Morgan fingerprint density at radius 3 is 2.75 bits per heavy atom. The van der Waals surface area contributed by atoms with E-state index in [2.05, 4.69) is 10.6 Å². The number of piperidine rings is 1. The maximum absolute atomic E-state index is 12.8. The van der Waals surface area contributed by atoms with Crippen LogP contribution in [0.3, 0.4) is 0 Å². The van der Waals surface area contributed by atoms with E-state index in [0.717, 1.165) is 19.0 Å². The third-order valence-electron chi connectivity index (χ3n) is 2.99. The summed E-state index contributed by atoms with van der Waals surface area (Å²) in [5.74, 6) is 0. The molecule has 1 aliphatic rings. The summed E-state index contributed by atoms with van der Waals surface area (Å²) in [6.45, 7) is 1.38. The lowest BCUT2D eigenvalue weighted by Crippen LogP contribution is -2.37. The predicted octanol–water partition coefficient (Wildman–Crippen LogP) is 3.01. The van der Waals surface area contributed by atoms with E-state index in [1.54, 1.807) is 0 Å². The van der Waals surface area contributed by atoms with E-state index in [1.165, 1.54) is 18.2 Å². The van der Waals surface area contributed by atoms with Gasteiger partial charge in [-0.2, -0.15) is 13.2 Å². The van der Waals surface area contributed by atoms with E-state index >= 15 is 0 Å². The lowest BCUT2D eigenvalue weighted by atomic mass is 10.1. The molecule has 1 amide bonds. The van der Waals surface area contributed by atoms with Crippen molar-refractivity contribution in [3.63, 3.8) is 0 Å². The molecule has 0 bridgehead atoms. The number of carbonyl (C=O) groups is 1. The third-order valence-corrected chi connectivity index (χ3v) is 2.99. The SMILES string of the molecule is O=C(Nc1ccccc1C(F)(F)F)OC1CCCNC1. The minimum absolute atomic E-state index is 0.297. The Morgan fingerprint density at radius 1 is 1.35 bits per heavy atom. The maximum atomic E-state index is 12.8. The average Bonchev–Trinajstić information content (AvgIpc) is 2.39. The number of hydrogen-bond donors (Lipinski definition) is 2. The first-order valence-corrected chi connectivity index (χ1v) is 6.31. The van der Waals surface area contributed by atoms with Gasteiger partial charge < -0.3 is 10.1 Å². The summed E-state index contributed by atoms with van der Waals surface area (Å²) in [4.78, 5) is 11.6. The molecule has 1 unspecified atom stereocenters. The Bertz CT molecular complexity index is 471. The van der Waals surface area contributed by atoms with Crippen LogP contribution in [-0.2, 0) is 10.9 Å². The number of rotatable bonds is 2. The van der Waals surface area contributed by atoms with Gasteiger partial charge in [0.15, 0.2) is 0 Å². The summed E-state index contributed by atoms with van der Waals surface area (Å²) >= 11 is 0. The zero-order chi connectivity index (χ0) is 14.6. The second kappa shape index (κ2) is 6.13. The third kappa shape index (κ3) is 3.86. The number of para-hydroxylation sites is 1. The summed E-state index contributed by atoms with van der Waals surface area (Å²) < 4.78 is 43.3. The number of hydrogen-bond acceptors (Lipinski definition) is 3. The van der Waals surface area contributed by atoms with Crippen LogP contribution in [0, 0.1) is 0 Å². The fraction of sp³-hybridized carbons (Fsp3) is 0.462. The quantitative estimate of drug-likeness (QED) is 0.879. The standard InChI is InChI=1S/C13H15F3N2O2/c14-13(15,16)10-5-1-2-6-11(10)18-12(19)20-9-4-3-7-17-8-9/h1-2,5-6,9,17H,3-4,7-8H2,(H,18,19).